The van der Waals surface area contributed by atoms with Gasteiger partial charge < -0.3 is 5.11 Å². The molecule has 0 aromatic carbocycles. The second kappa shape index (κ2) is 8.32. The number of hydrogen-bond acceptors (Lipinski definition) is 1. The molecule has 2 fully saturated rings. The Morgan fingerprint density at radius 1 is 1.18 bits per heavy atom. The number of hydrogen-bond donors (Lipinski definition) is 1. The lowest BCUT2D eigenvalue weighted by Crippen LogP contribution is -1.90. The van der Waals surface area contributed by atoms with E-state index in [1.54, 1.807) is 38.2 Å². The molecule has 2 aliphatic rings. The molecule has 2 nitrogen and oxygen atoms in total. The van der Waals surface area contributed by atoms with Crippen LogP contribution in [0.15, 0.2) is 12.2 Å². The SMILES string of the molecule is C1CC2CCC1C2.CCCCCC=CC(=O)O. The summed E-state index contributed by atoms with van der Waals surface area (Å²) in [4.78, 5) is 9.95. The van der Waals surface area contributed by atoms with Gasteiger partial charge in [-0.05, 0) is 31.1 Å². The zero-order chi connectivity index (χ0) is 12.5. The predicted octanol–water partition coefficient (Wildman–Crippen LogP) is 4.40. The van der Waals surface area contributed by atoms with E-state index in [1.807, 2.05) is 0 Å². The van der Waals surface area contributed by atoms with Gasteiger partial charge in [0.2, 0.25) is 0 Å². The van der Waals surface area contributed by atoms with Crippen molar-refractivity contribution in [1.29, 1.82) is 0 Å². The van der Waals surface area contributed by atoms with E-state index in [4.69, 9.17) is 5.11 Å². The van der Waals surface area contributed by atoms with Gasteiger partial charge in [0.1, 0.15) is 0 Å². The largest absolute Gasteiger partial charge is 0.478 e. The van der Waals surface area contributed by atoms with Gasteiger partial charge >= 0.3 is 5.97 Å². The Morgan fingerprint density at radius 3 is 2.12 bits per heavy atom. The van der Waals surface area contributed by atoms with Crippen molar-refractivity contribution in [3.8, 4) is 0 Å². The van der Waals surface area contributed by atoms with Crippen molar-refractivity contribution in [2.75, 3.05) is 0 Å². The lowest BCUT2D eigenvalue weighted by atomic mass is 10.0. The first-order chi connectivity index (χ1) is 8.22. The molecular weight excluding hydrogens is 212 g/mol. The standard InChI is InChI=1S/C8H14O2.C7H12/c1-2-3-4-5-6-7-8(9)10;1-2-7-4-3-6(1)5-7/h6-7H,2-5H2,1H3,(H,9,10);6-7H,1-5H2. The third kappa shape index (κ3) is 6.50. The molecule has 17 heavy (non-hydrogen) atoms. The minimum absolute atomic E-state index is 0.850. The summed E-state index contributed by atoms with van der Waals surface area (Å²) in [5.74, 6) is 1.49. The van der Waals surface area contributed by atoms with Gasteiger partial charge in [-0.3, -0.25) is 0 Å². The highest BCUT2D eigenvalue weighted by atomic mass is 16.4. The van der Waals surface area contributed by atoms with Gasteiger partial charge in [-0.15, -0.1) is 0 Å². The fourth-order valence-electron chi connectivity index (χ4n) is 2.87. The van der Waals surface area contributed by atoms with Crippen molar-refractivity contribution < 1.29 is 9.90 Å². The second-order valence-corrected chi connectivity index (χ2v) is 5.36. The molecule has 0 amide bonds. The van der Waals surface area contributed by atoms with Crippen LogP contribution in [-0.2, 0) is 4.79 Å². The van der Waals surface area contributed by atoms with Crippen molar-refractivity contribution in [3.05, 3.63) is 12.2 Å². The summed E-state index contributed by atoms with van der Waals surface area (Å²) in [6, 6.07) is 0. The third-order valence-electron chi connectivity index (χ3n) is 3.87. The Labute approximate surface area is 105 Å². The van der Waals surface area contributed by atoms with Crippen LogP contribution in [-0.4, -0.2) is 11.1 Å². The lowest BCUT2D eigenvalue weighted by Gasteiger charge is -2.05. The molecule has 0 unspecified atom stereocenters. The first-order valence-electron chi connectivity index (χ1n) is 7.11. The molecular formula is C15H26O2. The summed E-state index contributed by atoms with van der Waals surface area (Å²) < 4.78 is 0. The van der Waals surface area contributed by atoms with Crippen LogP contribution in [0.3, 0.4) is 0 Å². The van der Waals surface area contributed by atoms with Crippen LogP contribution < -0.4 is 0 Å². The quantitative estimate of drug-likeness (QED) is 0.569. The number of allylic oxidation sites excluding steroid dienone is 1. The fourth-order valence-corrected chi connectivity index (χ4v) is 2.87. The van der Waals surface area contributed by atoms with Crippen molar-refractivity contribution in [1.82, 2.24) is 0 Å². The van der Waals surface area contributed by atoms with Crippen molar-refractivity contribution in [3.63, 3.8) is 0 Å². The Hall–Kier alpha value is -0.790. The molecule has 2 aliphatic carbocycles. The van der Waals surface area contributed by atoms with E-state index in [9.17, 15) is 4.79 Å². The lowest BCUT2D eigenvalue weighted by molar-refractivity contribution is -0.131. The van der Waals surface area contributed by atoms with Gasteiger partial charge in [0, 0.05) is 6.08 Å². The number of unbranched alkanes of at least 4 members (excludes halogenated alkanes) is 3. The number of carboxylic acids is 1. The maximum absolute atomic E-state index is 9.95. The molecule has 0 aromatic rings. The van der Waals surface area contributed by atoms with Crippen LogP contribution in [0.2, 0.25) is 0 Å². The van der Waals surface area contributed by atoms with E-state index in [0.717, 1.165) is 12.8 Å². The van der Waals surface area contributed by atoms with Gasteiger partial charge in [-0.2, -0.15) is 0 Å². The molecule has 0 radical (unpaired) electrons. The molecule has 0 atom stereocenters. The summed E-state index contributed by atoms with van der Waals surface area (Å²) in [5.41, 5.74) is 0. The molecule has 1 N–H and O–H groups in total. The summed E-state index contributed by atoms with van der Waals surface area (Å²) >= 11 is 0. The summed E-state index contributed by atoms with van der Waals surface area (Å²) in [6.45, 7) is 2.13. The zero-order valence-electron chi connectivity index (χ0n) is 11.0. The van der Waals surface area contributed by atoms with Crippen LogP contribution in [0.25, 0.3) is 0 Å². The summed E-state index contributed by atoms with van der Waals surface area (Å²) in [6.07, 6.45) is 15.1. The van der Waals surface area contributed by atoms with E-state index in [1.165, 1.54) is 30.8 Å². The van der Waals surface area contributed by atoms with E-state index < -0.39 is 5.97 Å². The number of carboxylic acid groups (broad SMARTS) is 1. The van der Waals surface area contributed by atoms with Gasteiger partial charge in [0.15, 0.2) is 0 Å². The maximum atomic E-state index is 9.95. The topological polar surface area (TPSA) is 37.3 Å². The minimum atomic E-state index is -0.850. The monoisotopic (exact) mass is 238 g/mol. The molecule has 98 valence electrons. The molecule has 0 heterocycles. The summed E-state index contributed by atoms with van der Waals surface area (Å²) in [5, 5.41) is 8.18. The zero-order valence-corrected chi connectivity index (χ0v) is 11.0. The highest BCUT2D eigenvalue weighted by Crippen LogP contribution is 2.43. The Bertz CT molecular complexity index is 227. The molecule has 0 saturated heterocycles. The minimum Gasteiger partial charge on any atom is -0.478 e. The Morgan fingerprint density at radius 2 is 1.76 bits per heavy atom. The normalized spacial score (nSPS) is 25.9. The van der Waals surface area contributed by atoms with Crippen molar-refractivity contribution >= 4 is 5.97 Å². The number of carbonyl (C=O) groups is 1. The average Bonchev–Trinajstić information content (AvgIpc) is 2.93. The second-order valence-electron chi connectivity index (χ2n) is 5.36. The average molecular weight is 238 g/mol. The molecule has 0 aliphatic heterocycles. The first kappa shape index (κ1) is 14.3. The maximum Gasteiger partial charge on any atom is 0.327 e. The van der Waals surface area contributed by atoms with Gasteiger partial charge in [0.05, 0.1) is 0 Å². The molecule has 2 rings (SSSR count). The molecule has 0 spiro atoms. The van der Waals surface area contributed by atoms with Crippen LogP contribution in [0.1, 0.15) is 64.7 Å². The third-order valence-corrected chi connectivity index (χ3v) is 3.87. The van der Waals surface area contributed by atoms with Gasteiger partial charge in [-0.25, -0.2) is 4.79 Å². The van der Waals surface area contributed by atoms with Gasteiger partial charge in [-0.1, -0.05) is 51.5 Å². The number of fused-ring (bicyclic) bond motifs is 2. The molecule has 0 aromatic heterocycles. The molecule has 2 saturated carbocycles. The highest BCUT2D eigenvalue weighted by molar-refractivity contribution is 5.79. The highest BCUT2D eigenvalue weighted by Gasteiger charge is 2.30. The van der Waals surface area contributed by atoms with Crippen LogP contribution in [0, 0.1) is 11.8 Å². The summed E-state index contributed by atoms with van der Waals surface area (Å²) in [7, 11) is 0. The van der Waals surface area contributed by atoms with Crippen LogP contribution in [0.4, 0.5) is 0 Å². The molecule has 2 heteroatoms. The smallest absolute Gasteiger partial charge is 0.327 e. The van der Waals surface area contributed by atoms with Crippen molar-refractivity contribution in [2.45, 2.75) is 64.7 Å². The van der Waals surface area contributed by atoms with E-state index in [0.29, 0.717) is 0 Å². The van der Waals surface area contributed by atoms with E-state index >= 15 is 0 Å². The van der Waals surface area contributed by atoms with Gasteiger partial charge in [0.25, 0.3) is 0 Å². The first-order valence-corrected chi connectivity index (χ1v) is 7.11. The number of rotatable bonds is 5. The van der Waals surface area contributed by atoms with Crippen molar-refractivity contribution in [2.24, 2.45) is 11.8 Å². The Balaban J connectivity index is 0.000000177. The van der Waals surface area contributed by atoms with Crippen LogP contribution >= 0.6 is 0 Å². The van der Waals surface area contributed by atoms with Crippen LogP contribution in [0.5, 0.6) is 0 Å². The molecule has 2 bridgehead atoms. The fraction of sp³-hybridized carbons (Fsp3) is 0.800. The number of aliphatic carboxylic acids is 1. The predicted molar refractivity (Wildman–Crippen MR) is 71.0 cm³/mol. The van der Waals surface area contributed by atoms with E-state index in [2.05, 4.69) is 6.92 Å². The Kier molecular flexibility index (Phi) is 6.99. The van der Waals surface area contributed by atoms with E-state index in [-0.39, 0.29) is 0 Å².